The number of nitrogens with zero attached hydrogens (tertiary/aromatic N) is 1. The summed E-state index contributed by atoms with van der Waals surface area (Å²) >= 11 is 0. The van der Waals surface area contributed by atoms with Crippen molar-refractivity contribution in [3.8, 4) is 0 Å². The lowest BCUT2D eigenvalue weighted by Gasteiger charge is -2.24. The van der Waals surface area contributed by atoms with Crippen molar-refractivity contribution in [3.05, 3.63) is 17.8 Å². The van der Waals surface area contributed by atoms with Crippen LogP contribution < -0.4 is 0 Å². The molecule has 0 bridgehead atoms. The number of oxazole rings is 1. The fraction of sp³-hybridized carbons (Fsp3) is 0.667. The van der Waals surface area contributed by atoms with E-state index in [1.54, 1.807) is 0 Å². The summed E-state index contributed by atoms with van der Waals surface area (Å²) in [6, 6.07) is 0. The highest BCUT2D eigenvalue weighted by molar-refractivity contribution is 5.07. The second kappa shape index (κ2) is 3.27. The first-order valence-corrected chi connectivity index (χ1v) is 4.42. The molecule has 1 aliphatic rings. The van der Waals surface area contributed by atoms with E-state index in [2.05, 4.69) is 4.98 Å². The van der Waals surface area contributed by atoms with Crippen LogP contribution in [0.15, 0.2) is 10.8 Å². The van der Waals surface area contributed by atoms with Gasteiger partial charge in [0.05, 0.1) is 6.61 Å². The van der Waals surface area contributed by atoms with Crippen LogP contribution >= 0.6 is 0 Å². The van der Waals surface area contributed by atoms with Crippen LogP contribution in [0.5, 0.6) is 0 Å². The van der Waals surface area contributed by atoms with Crippen molar-refractivity contribution < 1.29 is 9.52 Å². The van der Waals surface area contributed by atoms with Gasteiger partial charge in [-0.2, -0.15) is 0 Å². The summed E-state index contributed by atoms with van der Waals surface area (Å²) in [7, 11) is 0. The molecule has 3 heteroatoms. The van der Waals surface area contributed by atoms with Gasteiger partial charge in [0.2, 0.25) is 0 Å². The van der Waals surface area contributed by atoms with Crippen LogP contribution in [-0.2, 0) is 13.0 Å². The van der Waals surface area contributed by atoms with E-state index < -0.39 is 0 Å². The van der Waals surface area contributed by atoms with Crippen molar-refractivity contribution in [2.24, 2.45) is 5.92 Å². The highest BCUT2D eigenvalue weighted by Crippen LogP contribution is 2.30. The van der Waals surface area contributed by atoms with Gasteiger partial charge in [-0.1, -0.05) is 19.3 Å². The monoisotopic (exact) mass is 167 g/mol. The zero-order chi connectivity index (χ0) is 8.39. The van der Waals surface area contributed by atoms with E-state index in [4.69, 9.17) is 9.52 Å². The van der Waals surface area contributed by atoms with Gasteiger partial charge >= 0.3 is 0 Å². The zero-order valence-electron chi connectivity index (χ0n) is 6.99. The molecule has 1 aromatic heterocycles. The molecule has 66 valence electrons. The first-order chi connectivity index (χ1) is 5.90. The molecule has 2 rings (SSSR count). The van der Waals surface area contributed by atoms with Gasteiger partial charge in [-0.15, -0.1) is 0 Å². The van der Waals surface area contributed by atoms with Gasteiger partial charge in [0.15, 0.2) is 6.39 Å². The molecular formula is C9H13NO2. The lowest BCUT2D eigenvalue weighted by atomic mass is 9.82. The molecule has 12 heavy (non-hydrogen) atoms. The first-order valence-electron chi connectivity index (χ1n) is 4.42. The fourth-order valence-corrected chi connectivity index (χ4v) is 1.55. The van der Waals surface area contributed by atoms with Crippen LogP contribution in [0.4, 0.5) is 0 Å². The van der Waals surface area contributed by atoms with E-state index >= 15 is 0 Å². The lowest BCUT2D eigenvalue weighted by molar-refractivity contribution is 0.264. The van der Waals surface area contributed by atoms with E-state index in [1.165, 1.54) is 25.7 Å². The largest absolute Gasteiger partial charge is 0.448 e. The van der Waals surface area contributed by atoms with Crippen molar-refractivity contribution in [2.75, 3.05) is 0 Å². The van der Waals surface area contributed by atoms with E-state index in [0.717, 1.165) is 18.1 Å². The minimum atomic E-state index is -0.00144. The quantitative estimate of drug-likeness (QED) is 0.742. The Balaban J connectivity index is 2.00. The Morgan fingerprint density at radius 2 is 2.42 bits per heavy atom. The number of hydrogen-bond acceptors (Lipinski definition) is 3. The standard InChI is InChI=1S/C9H13NO2/c11-5-8-9(12-6-10-8)4-7-2-1-3-7/h6-7,11H,1-5H2. The summed E-state index contributed by atoms with van der Waals surface area (Å²) in [4.78, 5) is 3.93. The predicted molar refractivity (Wildman–Crippen MR) is 43.5 cm³/mol. The van der Waals surface area contributed by atoms with Gasteiger partial charge in [-0.25, -0.2) is 4.98 Å². The maximum absolute atomic E-state index is 8.89. The Bertz CT molecular complexity index is 253. The third-order valence-electron chi connectivity index (χ3n) is 2.57. The van der Waals surface area contributed by atoms with Gasteiger partial charge < -0.3 is 9.52 Å². The van der Waals surface area contributed by atoms with Gasteiger partial charge in [0, 0.05) is 6.42 Å². The molecule has 0 saturated heterocycles. The first kappa shape index (κ1) is 7.80. The highest BCUT2D eigenvalue weighted by atomic mass is 16.3. The molecule has 1 saturated carbocycles. The zero-order valence-corrected chi connectivity index (χ0v) is 6.99. The molecule has 1 aliphatic carbocycles. The number of rotatable bonds is 3. The topological polar surface area (TPSA) is 46.3 Å². The molecule has 0 unspecified atom stereocenters. The molecule has 0 atom stereocenters. The van der Waals surface area contributed by atoms with Gasteiger partial charge in [-0.3, -0.25) is 0 Å². The fourth-order valence-electron chi connectivity index (χ4n) is 1.55. The Morgan fingerprint density at radius 1 is 1.58 bits per heavy atom. The molecule has 1 heterocycles. The molecule has 1 fully saturated rings. The van der Waals surface area contributed by atoms with Crippen LogP contribution in [0, 0.1) is 5.92 Å². The van der Waals surface area contributed by atoms with Crippen molar-refractivity contribution in [1.82, 2.24) is 4.98 Å². The number of hydrogen-bond donors (Lipinski definition) is 1. The summed E-state index contributed by atoms with van der Waals surface area (Å²) in [5.74, 6) is 1.64. The molecule has 0 radical (unpaired) electrons. The van der Waals surface area contributed by atoms with Gasteiger partial charge in [0.25, 0.3) is 0 Å². The summed E-state index contributed by atoms with van der Waals surface area (Å²) in [5, 5.41) is 8.89. The third-order valence-corrected chi connectivity index (χ3v) is 2.57. The average molecular weight is 167 g/mol. The maximum atomic E-state index is 8.89. The summed E-state index contributed by atoms with van der Waals surface area (Å²) in [5.41, 5.74) is 0.710. The summed E-state index contributed by atoms with van der Waals surface area (Å²) in [6.07, 6.45) is 6.31. The van der Waals surface area contributed by atoms with Gasteiger partial charge in [0.1, 0.15) is 11.5 Å². The minimum Gasteiger partial charge on any atom is -0.448 e. The number of aromatic nitrogens is 1. The van der Waals surface area contributed by atoms with Crippen LogP contribution in [-0.4, -0.2) is 10.1 Å². The molecule has 1 N–H and O–H groups in total. The highest BCUT2D eigenvalue weighted by Gasteiger charge is 2.20. The SMILES string of the molecule is OCc1ncoc1CC1CCC1. The average Bonchev–Trinajstić information content (AvgIpc) is 2.43. The van der Waals surface area contributed by atoms with E-state index in [-0.39, 0.29) is 6.61 Å². The minimum absolute atomic E-state index is 0.00144. The van der Waals surface area contributed by atoms with E-state index in [9.17, 15) is 0 Å². The molecule has 0 aromatic carbocycles. The molecule has 3 nitrogen and oxygen atoms in total. The second-order valence-corrected chi connectivity index (χ2v) is 3.38. The molecule has 0 aliphatic heterocycles. The van der Waals surface area contributed by atoms with Crippen LogP contribution in [0.1, 0.15) is 30.7 Å². The molecule has 0 amide bonds. The van der Waals surface area contributed by atoms with E-state index in [1.807, 2.05) is 0 Å². The van der Waals surface area contributed by atoms with Crippen molar-refractivity contribution in [1.29, 1.82) is 0 Å². The number of aliphatic hydroxyl groups is 1. The smallest absolute Gasteiger partial charge is 0.181 e. The third kappa shape index (κ3) is 1.37. The van der Waals surface area contributed by atoms with Crippen molar-refractivity contribution in [2.45, 2.75) is 32.3 Å². The summed E-state index contributed by atoms with van der Waals surface area (Å²) in [6.45, 7) is -0.00144. The number of aliphatic hydroxyl groups excluding tert-OH is 1. The van der Waals surface area contributed by atoms with E-state index in [0.29, 0.717) is 5.69 Å². The van der Waals surface area contributed by atoms with Crippen molar-refractivity contribution >= 4 is 0 Å². The molecule has 1 aromatic rings. The van der Waals surface area contributed by atoms with Crippen LogP contribution in [0.2, 0.25) is 0 Å². The predicted octanol–water partition coefficient (Wildman–Crippen LogP) is 1.51. The molecule has 0 spiro atoms. The second-order valence-electron chi connectivity index (χ2n) is 3.38. The molecular weight excluding hydrogens is 154 g/mol. The normalized spacial score (nSPS) is 17.8. The van der Waals surface area contributed by atoms with Crippen molar-refractivity contribution in [3.63, 3.8) is 0 Å². The van der Waals surface area contributed by atoms with Crippen LogP contribution in [0.3, 0.4) is 0 Å². The van der Waals surface area contributed by atoms with Crippen LogP contribution in [0.25, 0.3) is 0 Å². The Hall–Kier alpha value is -0.830. The Labute approximate surface area is 71.4 Å². The summed E-state index contributed by atoms with van der Waals surface area (Å²) < 4.78 is 5.19. The Morgan fingerprint density at radius 3 is 3.00 bits per heavy atom. The Kier molecular flexibility index (Phi) is 2.13. The lowest BCUT2D eigenvalue weighted by Crippen LogP contribution is -2.14. The van der Waals surface area contributed by atoms with Gasteiger partial charge in [-0.05, 0) is 5.92 Å². The maximum Gasteiger partial charge on any atom is 0.181 e.